The van der Waals surface area contributed by atoms with Gasteiger partial charge in [-0.3, -0.25) is 10.1 Å². The maximum atomic E-state index is 10.6. The smallest absolute Gasteiger partial charge is 0.295 e. The third-order valence-electron chi connectivity index (χ3n) is 2.81. The average molecular weight is 265 g/mol. The predicted molar refractivity (Wildman–Crippen MR) is 70.1 cm³/mol. The largest absolute Gasteiger partial charge is 0.423 e. The number of hydrogen-bond donors (Lipinski definition) is 2. The van der Waals surface area contributed by atoms with Gasteiger partial charge < -0.3 is 14.8 Å². The quantitative estimate of drug-likeness (QED) is 0.613. The van der Waals surface area contributed by atoms with Crippen molar-refractivity contribution >= 4 is 22.8 Å². The van der Waals surface area contributed by atoms with E-state index in [1.54, 1.807) is 6.07 Å². The van der Waals surface area contributed by atoms with Crippen molar-refractivity contribution in [2.24, 2.45) is 0 Å². The molecular weight excluding hydrogens is 250 g/mol. The first-order valence-corrected chi connectivity index (χ1v) is 6.07. The van der Waals surface area contributed by atoms with Crippen LogP contribution < -0.4 is 5.32 Å². The van der Waals surface area contributed by atoms with Gasteiger partial charge in [0.1, 0.15) is 5.52 Å². The van der Waals surface area contributed by atoms with E-state index in [9.17, 15) is 15.2 Å². The van der Waals surface area contributed by atoms with Crippen molar-refractivity contribution in [3.8, 4) is 0 Å². The first-order valence-electron chi connectivity index (χ1n) is 6.07. The summed E-state index contributed by atoms with van der Waals surface area (Å²) in [5, 5.41) is 23.0. The molecule has 0 spiro atoms. The summed E-state index contributed by atoms with van der Waals surface area (Å²) in [5.74, 6) is 0. The summed E-state index contributed by atoms with van der Waals surface area (Å²) in [4.78, 5) is 14.3. The number of anilines is 1. The number of nitrogens with zero attached hydrogens (tertiary/aromatic N) is 2. The van der Waals surface area contributed by atoms with Gasteiger partial charge in [-0.1, -0.05) is 6.92 Å². The van der Waals surface area contributed by atoms with E-state index in [4.69, 9.17) is 4.42 Å². The van der Waals surface area contributed by atoms with Crippen molar-refractivity contribution in [3.63, 3.8) is 0 Å². The molecule has 19 heavy (non-hydrogen) atoms. The van der Waals surface area contributed by atoms with Crippen LogP contribution in [0.1, 0.15) is 19.8 Å². The van der Waals surface area contributed by atoms with Crippen LogP contribution in [0, 0.1) is 10.1 Å². The van der Waals surface area contributed by atoms with E-state index < -0.39 is 4.92 Å². The highest BCUT2D eigenvalue weighted by molar-refractivity contribution is 5.77. The Hall–Kier alpha value is -2.15. The number of oxazole rings is 1. The molecule has 1 aromatic carbocycles. The van der Waals surface area contributed by atoms with Gasteiger partial charge in [0, 0.05) is 12.6 Å². The molecule has 102 valence electrons. The zero-order valence-corrected chi connectivity index (χ0v) is 10.5. The van der Waals surface area contributed by atoms with Gasteiger partial charge in [0.25, 0.3) is 11.7 Å². The fourth-order valence-electron chi connectivity index (χ4n) is 1.65. The summed E-state index contributed by atoms with van der Waals surface area (Å²) >= 11 is 0. The zero-order chi connectivity index (χ0) is 13.8. The number of non-ortho nitro benzene ring substituents is 1. The Labute approximate surface area is 109 Å². The molecule has 1 unspecified atom stereocenters. The maximum Gasteiger partial charge on any atom is 0.295 e. The third kappa shape index (κ3) is 3.19. The Morgan fingerprint density at radius 3 is 3.05 bits per heavy atom. The van der Waals surface area contributed by atoms with Gasteiger partial charge >= 0.3 is 0 Å². The molecular formula is C12H15N3O4. The number of aliphatic hydroxyl groups excluding tert-OH is 1. The van der Waals surface area contributed by atoms with Gasteiger partial charge in [-0.05, 0) is 18.9 Å². The number of aromatic nitrogens is 1. The summed E-state index contributed by atoms with van der Waals surface area (Å²) < 4.78 is 5.37. The van der Waals surface area contributed by atoms with E-state index in [2.05, 4.69) is 10.3 Å². The average Bonchev–Trinajstić information content (AvgIpc) is 2.79. The van der Waals surface area contributed by atoms with E-state index in [1.807, 2.05) is 6.92 Å². The van der Waals surface area contributed by atoms with Crippen molar-refractivity contribution in [1.82, 2.24) is 4.98 Å². The summed E-state index contributed by atoms with van der Waals surface area (Å²) in [6, 6.07) is 4.58. The maximum absolute atomic E-state index is 10.6. The molecule has 0 aliphatic heterocycles. The molecule has 7 nitrogen and oxygen atoms in total. The number of benzene rings is 1. The van der Waals surface area contributed by atoms with Gasteiger partial charge in [-0.25, -0.2) is 0 Å². The monoisotopic (exact) mass is 265 g/mol. The minimum atomic E-state index is -0.479. The summed E-state index contributed by atoms with van der Waals surface area (Å²) in [6.07, 6.45) is 0.939. The van der Waals surface area contributed by atoms with Crippen LogP contribution in [0.5, 0.6) is 0 Å². The van der Waals surface area contributed by atoms with Crippen molar-refractivity contribution in [1.29, 1.82) is 0 Å². The molecule has 2 N–H and O–H groups in total. The fraction of sp³-hybridized carbons (Fsp3) is 0.417. The number of aliphatic hydroxyl groups is 1. The number of nitro benzene ring substituents is 1. The lowest BCUT2D eigenvalue weighted by Crippen LogP contribution is -2.12. The summed E-state index contributed by atoms with van der Waals surface area (Å²) in [5.41, 5.74) is 0.897. The zero-order valence-electron chi connectivity index (χ0n) is 10.5. The van der Waals surface area contributed by atoms with Crippen LogP contribution in [-0.2, 0) is 0 Å². The lowest BCUT2D eigenvalue weighted by atomic mass is 10.2. The molecule has 0 fully saturated rings. The number of nitrogens with one attached hydrogen (secondary N) is 1. The molecule has 0 amide bonds. The Morgan fingerprint density at radius 2 is 2.37 bits per heavy atom. The Morgan fingerprint density at radius 1 is 1.58 bits per heavy atom. The topological polar surface area (TPSA) is 101 Å². The number of hydrogen-bond acceptors (Lipinski definition) is 6. The number of rotatable bonds is 6. The molecule has 2 aromatic rings. The normalized spacial score (nSPS) is 12.5. The molecule has 0 aliphatic rings. The van der Waals surface area contributed by atoms with Crippen molar-refractivity contribution in [3.05, 3.63) is 28.3 Å². The van der Waals surface area contributed by atoms with Gasteiger partial charge in [-0.15, -0.1) is 0 Å². The first kappa shape index (κ1) is 13.3. The van der Waals surface area contributed by atoms with Crippen molar-refractivity contribution < 1.29 is 14.4 Å². The van der Waals surface area contributed by atoms with Crippen LogP contribution in [0.3, 0.4) is 0 Å². The Kier molecular flexibility index (Phi) is 3.96. The van der Waals surface area contributed by atoms with Crippen LogP contribution in [0.4, 0.5) is 11.7 Å². The van der Waals surface area contributed by atoms with Gasteiger partial charge in [0.05, 0.1) is 17.1 Å². The SMILES string of the molecule is CCC(O)CCNc1nc2ccc([N+](=O)[O-])cc2o1. The number of fused-ring (bicyclic) bond motifs is 1. The Balaban J connectivity index is 2.07. The minimum Gasteiger partial charge on any atom is -0.423 e. The lowest BCUT2D eigenvalue weighted by molar-refractivity contribution is -0.384. The standard InChI is InChI=1S/C12H15N3O4/c1-2-9(16)5-6-13-12-14-10-4-3-8(15(17)18)7-11(10)19-12/h3-4,7,9,16H,2,5-6H2,1H3,(H,13,14). The van der Waals surface area contributed by atoms with Crippen molar-refractivity contribution in [2.75, 3.05) is 11.9 Å². The van der Waals surface area contributed by atoms with Gasteiger partial charge in [0.15, 0.2) is 5.58 Å². The second kappa shape index (κ2) is 5.66. The molecule has 0 saturated heterocycles. The summed E-state index contributed by atoms with van der Waals surface area (Å²) in [7, 11) is 0. The Bertz CT molecular complexity index is 581. The van der Waals surface area contributed by atoms with Crippen LogP contribution in [0.25, 0.3) is 11.1 Å². The molecule has 7 heteroatoms. The molecule has 0 saturated carbocycles. The van der Waals surface area contributed by atoms with Crippen LogP contribution >= 0.6 is 0 Å². The minimum absolute atomic E-state index is 0.0309. The number of nitro groups is 1. The highest BCUT2D eigenvalue weighted by atomic mass is 16.6. The molecule has 1 atom stereocenters. The molecule has 0 bridgehead atoms. The first-order chi connectivity index (χ1) is 9.10. The van der Waals surface area contributed by atoms with Gasteiger partial charge in [-0.2, -0.15) is 4.98 Å². The third-order valence-corrected chi connectivity index (χ3v) is 2.81. The predicted octanol–water partition coefficient (Wildman–Crippen LogP) is 2.31. The van der Waals surface area contributed by atoms with Crippen LogP contribution in [0.15, 0.2) is 22.6 Å². The van der Waals surface area contributed by atoms with Gasteiger partial charge in [0.2, 0.25) is 0 Å². The molecule has 1 heterocycles. The molecule has 2 rings (SSSR count). The van der Waals surface area contributed by atoms with E-state index in [0.717, 1.165) is 0 Å². The van der Waals surface area contributed by atoms with Crippen LogP contribution in [0.2, 0.25) is 0 Å². The lowest BCUT2D eigenvalue weighted by Gasteiger charge is -2.06. The van der Waals surface area contributed by atoms with E-state index in [-0.39, 0.29) is 11.8 Å². The van der Waals surface area contributed by atoms with E-state index in [0.29, 0.717) is 36.5 Å². The van der Waals surface area contributed by atoms with E-state index in [1.165, 1.54) is 12.1 Å². The van der Waals surface area contributed by atoms with E-state index >= 15 is 0 Å². The second-order valence-corrected chi connectivity index (χ2v) is 4.21. The van der Waals surface area contributed by atoms with Crippen molar-refractivity contribution in [2.45, 2.75) is 25.9 Å². The highest BCUT2D eigenvalue weighted by Gasteiger charge is 2.11. The van der Waals surface area contributed by atoms with Crippen LogP contribution in [-0.4, -0.2) is 27.7 Å². The summed E-state index contributed by atoms with van der Waals surface area (Å²) in [6.45, 7) is 2.44. The molecule has 1 aromatic heterocycles. The molecule has 0 aliphatic carbocycles. The fourth-order valence-corrected chi connectivity index (χ4v) is 1.65. The second-order valence-electron chi connectivity index (χ2n) is 4.21. The molecule has 0 radical (unpaired) electrons. The highest BCUT2D eigenvalue weighted by Crippen LogP contribution is 2.23.